The first-order valence-electron chi connectivity index (χ1n) is 11.7. The maximum absolute atomic E-state index is 12.8. The van der Waals surface area contributed by atoms with Crippen LogP contribution < -0.4 is 15.8 Å². The van der Waals surface area contributed by atoms with Gasteiger partial charge in [0.05, 0.1) is 16.6 Å². The molecule has 3 aromatic rings. The van der Waals surface area contributed by atoms with Gasteiger partial charge in [0.15, 0.2) is 0 Å². The molecule has 0 radical (unpaired) electrons. The van der Waals surface area contributed by atoms with Gasteiger partial charge in [-0.1, -0.05) is 5.92 Å². The summed E-state index contributed by atoms with van der Waals surface area (Å²) in [4.78, 5) is 36.1. The van der Waals surface area contributed by atoms with E-state index in [-0.39, 0.29) is 29.9 Å². The van der Waals surface area contributed by atoms with Crippen LogP contribution in [-0.4, -0.2) is 63.2 Å². The van der Waals surface area contributed by atoms with Crippen molar-refractivity contribution in [3.05, 3.63) is 57.8 Å². The Bertz CT molecular complexity index is 1390. The van der Waals surface area contributed by atoms with Crippen molar-refractivity contribution in [1.82, 2.24) is 30.4 Å². The molecule has 4 rings (SSSR count). The summed E-state index contributed by atoms with van der Waals surface area (Å²) in [7, 11) is 0. The van der Waals surface area contributed by atoms with E-state index in [9.17, 15) is 22.8 Å². The van der Waals surface area contributed by atoms with Crippen LogP contribution in [0.2, 0.25) is 0 Å². The van der Waals surface area contributed by atoms with Gasteiger partial charge in [0.25, 0.3) is 5.56 Å². The Morgan fingerprint density at radius 2 is 1.86 bits per heavy atom. The van der Waals surface area contributed by atoms with E-state index in [4.69, 9.17) is 0 Å². The number of hydrogen-bond acceptors (Lipinski definition) is 7. The monoisotopic (exact) mass is 513 g/mol. The van der Waals surface area contributed by atoms with Gasteiger partial charge in [-0.3, -0.25) is 9.59 Å². The summed E-state index contributed by atoms with van der Waals surface area (Å²) in [6, 6.07) is 5.18. The maximum Gasteiger partial charge on any atom is 0.419 e. The summed E-state index contributed by atoms with van der Waals surface area (Å²) in [5.74, 6) is 6.00. The molecule has 1 unspecified atom stereocenters. The van der Waals surface area contributed by atoms with Crippen LogP contribution in [-0.2, 0) is 17.5 Å². The van der Waals surface area contributed by atoms with E-state index in [2.05, 4.69) is 37.3 Å². The van der Waals surface area contributed by atoms with E-state index in [1.54, 1.807) is 28.9 Å². The number of carbonyl (C=O) groups is 1. The SMILES string of the molecule is CC#Cc1ccc2c(=O)[nH]nc(CNC(C)CC(=O)N3CCN(c4ncc(C(F)(F)F)cn4)CC3)c2c1. The van der Waals surface area contributed by atoms with E-state index in [0.29, 0.717) is 49.2 Å². The van der Waals surface area contributed by atoms with Gasteiger partial charge in [-0.15, -0.1) is 5.92 Å². The van der Waals surface area contributed by atoms with Gasteiger partial charge in [-0.2, -0.15) is 18.3 Å². The molecule has 1 amide bonds. The van der Waals surface area contributed by atoms with Crippen molar-refractivity contribution in [2.75, 3.05) is 31.1 Å². The molecule has 1 saturated heterocycles. The molecule has 1 fully saturated rings. The molecule has 3 heterocycles. The maximum atomic E-state index is 12.8. The average Bonchev–Trinajstić information content (AvgIpc) is 2.88. The lowest BCUT2D eigenvalue weighted by molar-refractivity contribution is -0.138. The molecule has 2 aromatic heterocycles. The lowest BCUT2D eigenvalue weighted by Gasteiger charge is -2.35. The van der Waals surface area contributed by atoms with Crippen molar-refractivity contribution < 1.29 is 18.0 Å². The number of amides is 1. The highest BCUT2D eigenvalue weighted by molar-refractivity contribution is 5.85. The van der Waals surface area contributed by atoms with Crippen LogP contribution in [0, 0.1) is 11.8 Å². The molecular formula is C25H26F3N7O2. The summed E-state index contributed by atoms with van der Waals surface area (Å²) >= 11 is 0. The molecule has 2 N–H and O–H groups in total. The van der Waals surface area contributed by atoms with Gasteiger partial charge in [0.1, 0.15) is 0 Å². The van der Waals surface area contributed by atoms with E-state index < -0.39 is 11.7 Å². The van der Waals surface area contributed by atoms with E-state index >= 15 is 0 Å². The van der Waals surface area contributed by atoms with Gasteiger partial charge in [0.2, 0.25) is 11.9 Å². The molecule has 1 aliphatic rings. The third-order valence-electron chi connectivity index (χ3n) is 6.12. The molecule has 37 heavy (non-hydrogen) atoms. The second-order valence-electron chi connectivity index (χ2n) is 8.76. The first kappa shape index (κ1) is 26.1. The van der Waals surface area contributed by atoms with Crippen LogP contribution in [0.1, 0.15) is 37.1 Å². The number of aromatic amines is 1. The highest BCUT2D eigenvalue weighted by atomic mass is 19.4. The zero-order chi connectivity index (χ0) is 26.6. The fourth-order valence-corrected chi connectivity index (χ4v) is 4.10. The Hall–Kier alpha value is -3.98. The second-order valence-corrected chi connectivity index (χ2v) is 8.76. The Morgan fingerprint density at radius 1 is 1.16 bits per heavy atom. The fourth-order valence-electron chi connectivity index (χ4n) is 4.10. The molecule has 12 heteroatoms. The zero-order valence-corrected chi connectivity index (χ0v) is 20.4. The van der Waals surface area contributed by atoms with Crippen LogP contribution in [0.15, 0.2) is 35.4 Å². The third-order valence-corrected chi connectivity index (χ3v) is 6.12. The first-order valence-corrected chi connectivity index (χ1v) is 11.7. The number of H-pyrrole nitrogens is 1. The summed E-state index contributed by atoms with van der Waals surface area (Å²) < 4.78 is 38.2. The standard InChI is InChI=1S/C25H26F3N7O2/c1-3-4-17-5-6-19-20(12-17)21(32-33-23(19)37)15-29-16(2)11-22(36)34-7-9-35(10-8-34)24-30-13-18(14-31-24)25(26,27)28/h5-6,12-14,16,29H,7-11,15H2,1-2H3,(H,33,37). The highest BCUT2D eigenvalue weighted by Gasteiger charge is 2.32. The minimum atomic E-state index is -4.48. The average molecular weight is 514 g/mol. The molecule has 9 nitrogen and oxygen atoms in total. The van der Waals surface area contributed by atoms with E-state index in [1.165, 1.54) is 0 Å². The topological polar surface area (TPSA) is 107 Å². The summed E-state index contributed by atoms with van der Waals surface area (Å²) in [6.07, 6.45) is -2.69. The Kier molecular flexibility index (Phi) is 7.73. The number of carbonyl (C=O) groups excluding carboxylic acids is 1. The van der Waals surface area contributed by atoms with Crippen molar-refractivity contribution in [2.45, 2.75) is 39.0 Å². The smallest absolute Gasteiger partial charge is 0.339 e. The number of alkyl halides is 3. The van der Waals surface area contributed by atoms with Crippen molar-refractivity contribution >= 4 is 22.6 Å². The Morgan fingerprint density at radius 3 is 2.51 bits per heavy atom. The molecule has 1 atom stereocenters. The molecule has 0 spiro atoms. The molecule has 1 aliphatic heterocycles. The van der Waals surface area contributed by atoms with E-state index in [0.717, 1.165) is 18.0 Å². The number of hydrogen-bond donors (Lipinski definition) is 2. The predicted molar refractivity (Wildman–Crippen MR) is 132 cm³/mol. The number of nitrogens with one attached hydrogen (secondary N) is 2. The zero-order valence-electron chi connectivity index (χ0n) is 20.4. The van der Waals surface area contributed by atoms with Gasteiger partial charge >= 0.3 is 6.18 Å². The van der Waals surface area contributed by atoms with Crippen molar-refractivity contribution in [3.8, 4) is 11.8 Å². The Labute approximate surface area is 211 Å². The van der Waals surface area contributed by atoms with Crippen LogP contribution >= 0.6 is 0 Å². The number of fused-ring (bicyclic) bond motifs is 1. The van der Waals surface area contributed by atoms with Crippen LogP contribution in [0.3, 0.4) is 0 Å². The number of benzene rings is 1. The quantitative estimate of drug-likeness (QED) is 0.487. The third kappa shape index (κ3) is 6.24. The molecule has 1 aromatic carbocycles. The highest BCUT2D eigenvalue weighted by Crippen LogP contribution is 2.28. The lowest BCUT2D eigenvalue weighted by atomic mass is 10.1. The summed E-state index contributed by atoms with van der Waals surface area (Å²) in [5.41, 5.74) is 0.261. The van der Waals surface area contributed by atoms with Crippen molar-refractivity contribution in [3.63, 3.8) is 0 Å². The van der Waals surface area contributed by atoms with Crippen molar-refractivity contribution in [1.29, 1.82) is 0 Å². The van der Waals surface area contributed by atoms with E-state index in [1.807, 2.05) is 13.0 Å². The minimum Gasteiger partial charge on any atom is -0.339 e. The molecule has 0 aliphatic carbocycles. The van der Waals surface area contributed by atoms with Crippen LogP contribution in [0.25, 0.3) is 10.8 Å². The fraction of sp³-hybridized carbons (Fsp3) is 0.400. The number of halogens is 3. The van der Waals surface area contributed by atoms with Crippen LogP contribution in [0.4, 0.5) is 19.1 Å². The molecule has 0 saturated carbocycles. The summed E-state index contributed by atoms with van der Waals surface area (Å²) in [6.45, 7) is 5.68. The van der Waals surface area contributed by atoms with Gasteiger partial charge in [-0.05, 0) is 32.0 Å². The lowest BCUT2D eigenvalue weighted by Crippen LogP contribution is -2.50. The predicted octanol–water partition coefficient (Wildman–Crippen LogP) is 2.32. The number of nitrogens with zero attached hydrogens (tertiary/aromatic N) is 5. The normalized spacial score (nSPS) is 14.8. The van der Waals surface area contributed by atoms with Gasteiger partial charge in [0, 0.05) is 68.5 Å². The van der Waals surface area contributed by atoms with Gasteiger partial charge in [-0.25, -0.2) is 15.1 Å². The minimum absolute atomic E-state index is 0.0345. The second kappa shape index (κ2) is 11.0. The largest absolute Gasteiger partial charge is 0.419 e. The van der Waals surface area contributed by atoms with Gasteiger partial charge < -0.3 is 15.1 Å². The van der Waals surface area contributed by atoms with Crippen LogP contribution in [0.5, 0.6) is 0 Å². The molecular weight excluding hydrogens is 487 g/mol. The molecule has 0 bridgehead atoms. The number of aromatic nitrogens is 4. The number of anilines is 1. The first-order chi connectivity index (χ1) is 17.7. The molecule has 194 valence electrons. The summed E-state index contributed by atoms with van der Waals surface area (Å²) in [5, 5.41) is 11.2. The number of piperazine rings is 1. The van der Waals surface area contributed by atoms with Crippen molar-refractivity contribution in [2.24, 2.45) is 0 Å². The number of rotatable bonds is 6. The Balaban J connectivity index is 1.31.